The molecule has 1 aromatic carbocycles. The molecule has 0 radical (unpaired) electrons. The molecule has 0 saturated carbocycles. The van der Waals surface area contributed by atoms with E-state index < -0.39 is 0 Å². The lowest BCUT2D eigenvalue weighted by molar-refractivity contribution is 0.0732. The molecule has 1 amide bonds. The first-order valence-corrected chi connectivity index (χ1v) is 8.91. The van der Waals surface area contributed by atoms with E-state index in [-0.39, 0.29) is 11.5 Å². The fourth-order valence-corrected chi connectivity index (χ4v) is 3.50. The van der Waals surface area contributed by atoms with Gasteiger partial charge in [-0.15, -0.1) is 0 Å². The molecule has 1 aliphatic heterocycles. The number of aromatic nitrogens is 3. The second-order valence-electron chi connectivity index (χ2n) is 6.75. The van der Waals surface area contributed by atoms with Gasteiger partial charge in [-0.25, -0.2) is 4.68 Å². The number of carbonyl (C=O) groups excluding carboxylic acids is 1. The Hall–Kier alpha value is -3.28. The number of hydrogen-bond acceptors (Lipinski definition) is 4. The molecule has 4 rings (SSSR count). The minimum absolute atomic E-state index is 0.0309. The maximum atomic E-state index is 13.2. The van der Waals surface area contributed by atoms with Crippen LogP contribution in [0.1, 0.15) is 27.2 Å². The summed E-state index contributed by atoms with van der Waals surface area (Å²) in [7, 11) is 1.65. The molecule has 0 N–H and O–H groups in total. The third-order valence-electron chi connectivity index (χ3n) is 5.03. The van der Waals surface area contributed by atoms with Gasteiger partial charge in [0.15, 0.2) is 0 Å². The summed E-state index contributed by atoms with van der Waals surface area (Å²) in [6.07, 6.45) is 2.40. The first-order valence-electron chi connectivity index (χ1n) is 8.91. The molecule has 6 heteroatoms. The molecule has 2 aromatic heterocycles. The molecule has 1 aliphatic rings. The highest BCUT2D eigenvalue weighted by molar-refractivity contribution is 5.97. The first-order chi connectivity index (χ1) is 13.0. The zero-order chi connectivity index (χ0) is 19.0. The zero-order valence-corrected chi connectivity index (χ0v) is 15.3. The summed E-state index contributed by atoms with van der Waals surface area (Å²) in [4.78, 5) is 31.2. The molecule has 0 atom stereocenters. The summed E-state index contributed by atoms with van der Waals surface area (Å²) in [6, 6.07) is 13.0. The van der Waals surface area contributed by atoms with Gasteiger partial charge in [-0.1, -0.05) is 18.2 Å². The summed E-state index contributed by atoms with van der Waals surface area (Å²) in [6.45, 7) is 2.95. The van der Waals surface area contributed by atoms with E-state index in [1.54, 1.807) is 24.2 Å². The molecule has 0 spiro atoms. The number of nitrogens with zero attached hydrogens (tertiary/aromatic N) is 4. The number of fused-ring (bicyclic) bond motifs is 1. The smallest absolute Gasteiger partial charge is 0.266 e. The Morgan fingerprint density at radius 3 is 2.78 bits per heavy atom. The summed E-state index contributed by atoms with van der Waals surface area (Å²) >= 11 is 0. The van der Waals surface area contributed by atoms with Crippen LogP contribution in [0.4, 0.5) is 0 Å². The van der Waals surface area contributed by atoms with Crippen molar-refractivity contribution >= 4 is 5.91 Å². The largest absolute Gasteiger partial charge is 0.334 e. The van der Waals surface area contributed by atoms with E-state index in [9.17, 15) is 9.59 Å². The lowest BCUT2D eigenvalue weighted by Gasteiger charge is -2.29. The van der Waals surface area contributed by atoms with E-state index in [0.29, 0.717) is 25.1 Å². The van der Waals surface area contributed by atoms with Gasteiger partial charge in [0.05, 0.1) is 11.4 Å². The number of benzene rings is 1. The molecule has 6 nitrogen and oxygen atoms in total. The van der Waals surface area contributed by atoms with Crippen molar-refractivity contribution in [2.75, 3.05) is 6.54 Å². The highest BCUT2D eigenvalue weighted by Crippen LogP contribution is 2.26. The van der Waals surface area contributed by atoms with Gasteiger partial charge in [-0.05, 0) is 30.7 Å². The molecule has 0 fully saturated rings. The molecule has 3 aromatic rings. The van der Waals surface area contributed by atoms with Crippen LogP contribution in [0.15, 0.2) is 53.5 Å². The Kier molecular flexibility index (Phi) is 4.32. The van der Waals surface area contributed by atoms with Gasteiger partial charge in [-0.2, -0.15) is 5.10 Å². The van der Waals surface area contributed by atoms with Gasteiger partial charge in [-0.3, -0.25) is 14.6 Å². The Bertz CT molecular complexity index is 1070. The summed E-state index contributed by atoms with van der Waals surface area (Å²) in [5.74, 6) is -0.0309. The van der Waals surface area contributed by atoms with Gasteiger partial charge >= 0.3 is 0 Å². The van der Waals surface area contributed by atoms with E-state index >= 15 is 0 Å². The molecular formula is C21H20N4O2. The SMILES string of the molecule is Cc1c(C(=O)N2CCc3nn(C)c(=O)cc3C2)cccc1-c1ccccn1. The predicted octanol–water partition coefficient (Wildman–Crippen LogP) is 2.35. The zero-order valence-electron chi connectivity index (χ0n) is 15.3. The molecule has 3 heterocycles. The van der Waals surface area contributed by atoms with Crippen LogP contribution in [0, 0.1) is 6.92 Å². The Morgan fingerprint density at radius 1 is 1.15 bits per heavy atom. The maximum absolute atomic E-state index is 13.2. The van der Waals surface area contributed by atoms with Crippen molar-refractivity contribution < 1.29 is 4.79 Å². The van der Waals surface area contributed by atoms with Crippen molar-refractivity contribution in [2.24, 2.45) is 7.05 Å². The fourth-order valence-electron chi connectivity index (χ4n) is 3.50. The third kappa shape index (κ3) is 3.14. The normalized spacial score (nSPS) is 13.3. The van der Waals surface area contributed by atoms with Crippen LogP contribution in [-0.2, 0) is 20.0 Å². The van der Waals surface area contributed by atoms with E-state index in [0.717, 1.165) is 28.1 Å². The first kappa shape index (κ1) is 17.1. The minimum atomic E-state index is -0.156. The molecule has 0 aliphatic carbocycles. The summed E-state index contributed by atoms with van der Waals surface area (Å²) in [5, 5.41) is 4.31. The highest BCUT2D eigenvalue weighted by atomic mass is 16.2. The molecule has 27 heavy (non-hydrogen) atoms. The Balaban J connectivity index is 1.66. The van der Waals surface area contributed by atoms with Crippen LogP contribution >= 0.6 is 0 Å². The van der Waals surface area contributed by atoms with Crippen LogP contribution in [-0.4, -0.2) is 32.1 Å². The summed E-state index contributed by atoms with van der Waals surface area (Å²) < 4.78 is 1.34. The van der Waals surface area contributed by atoms with Crippen molar-refractivity contribution in [1.29, 1.82) is 0 Å². The number of carbonyl (C=O) groups is 1. The second-order valence-corrected chi connectivity index (χ2v) is 6.75. The number of rotatable bonds is 2. The third-order valence-corrected chi connectivity index (χ3v) is 5.03. The van der Waals surface area contributed by atoms with E-state index in [1.807, 2.05) is 43.3 Å². The molecule has 0 unspecified atom stereocenters. The number of hydrogen-bond donors (Lipinski definition) is 0. The van der Waals surface area contributed by atoms with Crippen LogP contribution in [0.25, 0.3) is 11.3 Å². The standard InChI is InChI=1S/C21H20N4O2/c1-14-16(19-8-3-4-10-22-19)6-5-7-17(14)21(27)25-11-9-18-15(13-25)12-20(26)24(2)23-18/h3-8,10,12H,9,11,13H2,1-2H3. The van der Waals surface area contributed by atoms with Gasteiger partial charge in [0.2, 0.25) is 0 Å². The predicted molar refractivity (Wildman–Crippen MR) is 102 cm³/mol. The molecular weight excluding hydrogens is 340 g/mol. The Morgan fingerprint density at radius 2 is 2.00 bits per heavy atom. The number of aryl methyl sites for hydroxylation is 1. The molecule has 136 valence electrons. The maximum Gasteiger partial charge on any atom is 0.266 e. The van der Waals surface area contributed by atoms with Crippen LogP contribution < -0.4 is 5.56 Å². The monoisotopic (exact) mass is 360 g/mol. The van der Waals surface area contributed by atoms with E-state index in [2.05, 4.69) is 10.1 Å². The summed E-state index contributed by atoms with van der Waals surface area (Å²) in [5.41, 5.74) is 4.94. The quantitative estimate of drug-likeness (QED) is 0.703. The van der Waals surface area contributed by atoms with Crippen molar-refractivity contribution in [3.8, 4) is 11.3 Å². The average Bonchev–Trinajstić information content (AvgIpc) is 2.69. The highest BCUT2D eigenvalue weighted by Gasteiger charge is 2.25. The van der Waals surface area contributed by atoms with Gasteiger partial charge in [0, 0.05) is 55.5 Å². The topological polar surface area (TPSA) is 68.1 Å². The second kappa shape index (κ2) is 6.79. The lowest BCUT2D eigenvalue weighted by Crippen LogP contribution is -2.38. The van der Waals surface area contributed by atoms with E-state index in [1.165, 1.54) is 4.68 Å². The fraction of sp³-hybridized carbons (Fsp3) is 0.238. The number of pyridine rings is 1. The van der Waals surface area contributed by atoms with Crippen LogP contribution in [0.3, 0.4) is 0 Å². The van der Waals surface area contributed by atoms with E-state index in [4.69, 9.17) is 0 Å². The lowest BCUT2D eigenvalue weighted by atomic mass is 9.97. The minimum Gasteiger partial charge on any atom is -0.334 e. The van der Waals surface area contributed by atoms with Crippen molar-refractivity contribution in [3.05, 3.63) is 81.4 Å². The average molecular weight is 360 g/mol. The molecule has 0 bridgehead atoms. The molecule has 0 saturated heterocycles. The van der Waals surface area contributed by atoms with Crippen molar-refractivity contribution in [3.63, 3.8) is 0 Å². The van der Waals surface area contributed by atoms with Gasteiger partial charge in [0.1, 0.15) is 0 Å². The van der Waals surface area contributed by atoms with Crippen LogP contribution in [0.5, 0.6) is 0 Å². The van der Waals surface area contributed by atoms with Gasteiger partial charge in [0.25, 0.3) is 11.5 Å². The Labute approximate surface area is 157 Å². The van der Waals surface area contributed by atoms with Gasteiger partial charge < -0.3 is 4.90 Å². The van der Waals surface area contributed by atoms with Crippen LogP contribution in [0.2, 0.25) is 0 Å². The van der Waals surface area contributed by atoms with Crippen molar-refractivity contribution in [2.45, 2.75) is 19.9 Å². The number of amides is 1. The van der Waals surface area contributed by atoms with Crippen molar-refractivity contribution in [1.82, 2.24) is 19.7 Å².